The molecule has 2 N–H and O–H groups in total. The Bertz CT molecular complexity index is 869. The number of carboxylic acids is 1. The molecule has 0 saturated heterocycles. The molecular formula is C19H17F2NO4. The van der Waals surface area contributed by atoms with Crippen LogP contribution in [-0.4, -0.2) is 24.1 Å². The van der Waals surface area contributed by atoms with E-state index in [1.807, 2.05) is 0 Å². The Balaban J connectivity index is 1.63. The fourth-order valence-electron chi connectivity index (χ4n) is 2.98. The van der Waals surface area contributed by atoms with Crippen LogP contribution in [0.15, 0.2) is 36.4 Å². The number of carbonyl (C=O) groups excluding carboxylic acids is 1. The number of rotatable bonds is 6. The van der Waals surface area contributed by atoms with Crippen LogP contribution in [0.1, 0.15) is 33.8 Å². The molecule has 7 heteroatoms. The number of nitrogens with one attached hydrogen (secondary N) is 1. The molecule has 1 aliphatic rings. The first-order chi connectivity index (χ1) is 12.4. The Morgan fingerprint density at radius 2 is 2.00 bits per heavy atom. The molecule has 0 aromatic heterocycles. The van der Waals surface area contributed by atoms with Crippen molar-refractivity contribution < 1.29 is 28.2 Å². The van der Waals surface area contributed by atoms with Gasteiger partial charge in [0.1, 0.15) is 22.9 Å². The summed E-state index contributed by atoms with van der Waals surface area (Å²) in [4.78, 5) is 23.4. The number of ether oxygens (including phenoxy) is 1. The average molecular weight is 361 g/mol. The van der Waals surface area contributed by atoms with E-state index in [4.69, 9.17) is 4.74 Å². The van der Waals surface area contributed by atoms with E-state index < -0.39 is 23.5 Å². The second-order valence-corrected chi connectivity index (χ2v) is 6.17. The van der Waals surface area contributed by atoms with E-state index >= 15 is 0 Å². The molecule has 0 heterocycles. The molecule has 0 spiro atoms. The van der Waals surface area contributed by atoms with Gasteiger partial charge in [0.25, 0.3) is 0 Å². The number of carbonyl (C=O) groups is 2. The summed E-state index contributed by atoms with van der Waals surface area (Å²) in [6.07, 6.45) is 0.454. The Kier molecular flexibility index (Phi) is 4.88. The fourth-order valence-corrected chi connectivity index (χ4v) is 2.98. The zero-order valence-corrected chi connectivity index (χ0v) is 14.0. The maximum Gasteiger partial charge on any atom is 0.339 e. The molecule has 1 amide bonds. The van der Waals surface area contributed by atoms with Gasteiger partial charge in [0.15, 0.2) is 0 Å². The molecular weight excluding hydrogens is 344 g/mol. The molecule has 1 fully saturated rings. The second kappa shape index (κ2) is 7.11. The molecule has 3 rings (SSSR count). The molecule has 1 aliphatic carbocycles. The summed E-state index contributed by atoms with van der Waals surface area (Å²) in [7, 11) is 1.38. The van der Waals surface area contributed by atoms with E-state index in [0.29, 0.717) is 12.0 Å². The van der Waals surface area contributed by atoms with E-state index in [2.05, 4.69) is 5.32 Å². The van der Waals surface area contributed by atoms with Crippen LogP contribution < -0.4 is 10.1 Å². The first kappa shape index (κ1) is 17.8. The Hall–Kier alpha value is -2.96. The van der Waals surface area contributed by atoms with Crippen molar-refractivity contribution in [3.63, 3.8) is 0 Å². The molecule has 5 nitrogen and oxygen atoms in total. The maximum atomic E-state index is 13.8. The third-order valence-electron chi connectivity index (χ3n) is 4.45. The van der Waals surface area contributed by atoms with Gasteiger partial charge in [-0.05, 0) is 53.8 Å². The quantitative estimate of drug-likeness (QED) is 0.829. The molecule has 2 atom stereocenters. The van der Waals surface area contributed by atoms with Gasteiger partial charge in [-0.25, -0.2) is 13.6 Å². The lowest BCUT2D eigenvalue weighted by atomic mass is 10.1. The number of amides is 1. The minimum Gasteiger partial charge on any atom is -0.496 e. The predicted molar refractivity (Wildman–Crippen MR) is 89.0 cm³/mol. The highest BCUT2D eigenvalue weighted by Gasteiger charge is 2.45. The molecule has 2 aromatic rings. The molecule has 26 heavy (non-hydrogen) atoms. The van der Waals surface area contributed by atoms with E-state index in [0.717, 1.165) is 18.2 Å². The standard InChI is InChI=1S/C19H17F2NO4/c1-26-17-5-2-10(6-15(17)19(24)25)9-22-18(23)14-8-12(14)13-7-11(20)3-4-16(13)21/h2-7,12,14H,8-9H2,1H3,(H,22,23)(H,24,25). The Morgan fingerprint density at radius 1 is 1.23 bits per heavy atom. The summed E-state index contributed by atoms with van der Waals surface area (Å²) in [5, 5.41) is 11.9. The number of hydrogen-bond acceptors (Lipinski definition) is 3. The van der Waals surface area contributed by atoms with Crippen LogP contribution in [0, 0.1) is 17.6 Å². The number of methoxy groups -OCH3 is 1. The third kappa shape index (κ3) is 3.66. The summed E-state index contributed by atoms with van der Waals surface area (Å²) < 4.78 is 32.0. The number of benzene rings is 2. The van der Waals surface area contributed by atoms with Crippen LogP contribution in [0.3, 0.4) is 0 Å². The van der Waals surface area contributed by atoms with Crippen LogP contribution in [0.25, 0.3) is 0 Å². The zero-order valence-electron chi connectivity index (χ0n) is 14.0. The SMILES string of the molecule is COc1ccc(CNC(=O)C2CC2c2cc(F)ccc2F)cc1C(=O)O. The molecule has 136 valence electrons. The van der Waals surface area contributed by atoms with Crippen LogP contribution >= 0.6 is 0 Å². The molecule has 0 radical (unpaired) electrons. The van der Waals surface area contributed by atoms with Gasteiger partial charge in [0, 0.05) is 12.5 Å². The lowest BCUT2D eigenvalue weighted by molar-refractivity contribution is -0.122. The lowest BCUT2D eigenvalue weighted by Gasteiger charge is -2.09. The van der Waals surface area contributed by atoms with Gasteiger partial charge in [-0.2, -0.15) is 0 Å². The van der Waals surface area contributed by atoms with E-state index in [1.54, 1.807) is 6.07 Å². The summed E-state index contributed by atoms with van der Waals surface area (Å²) in [6.45, 7) is 0.137. The van der Waals surface area contributed by atoms with Crippen LogP contribution in [0.5, 0.6) is 5.75 Å². The first-order valence-electron chi connectivity index (χ1n) is 8.03. The highest BCUT2D eigenvalue weighted by Crippen LogP contribution is 2.48. The summed E-state index contributed by atoms with van der Waals surface area (Å²) >= 11 is 0. The predicted octanol–water partition coefficient (Wildman–Crippen LogP) is 3.09. The molecule has 0 aliphatic heterocycles. The molecule has 2 aromatic carbocycles. The number of halogens is 2. The van der Waals surface area contributed by atoms with Gasteiger partial charge in [-0.1, -0.05) is 6.07 Å². The van der Waals surface area contributed by atoms with Crippen LogP contribution in [-0.2, 0) is 11.3 Å². The average Bonchev–Trinajstić information content (AvgIpc) is 3.42. The number of carboxylic acid groups (broad SMARTS) is 1. The van der Waals surface area contributed by atoms with Crippen molar-refractivity contribution in [2.24, 2.45) is 5.92 Å². The van der Waals surface area contributed by atoms with Crippen LogP contribution in [0.4, 0.5) is 8.78 Å². The van der Waals surface area contributed by atoms with Crippen molar-refractivity contribution in [1.82, 2.24) is 5.32 Å². The highest BCUT2D eigenvalue weighted by molar-refractivity contribution is 5.91. The lowest BCUT2D eigenvalue weighted by Crippen LogP contribution is -2.25. The number of hydrogen-bond donors (Lipinski definition) is 2. The molecule has 2 unspecified atom stereocenters. The van der Waals surface area contributed by atoms with Crippen molar-refractivity contribution >= 4 is 11.9 Å². The topological polar surface area (TPSA) is 75.6 Å². The first-order valence-corrected chi connectivity index (χ1v) is 8.03. The van der Waals surface area contributed by atoms with Gasteiger partial charge in [0.05, 0.1) is 7.11 Å². The summed E-state index contributed by atoms with van der Waals surface area (Å²) in [6, 6.07) is 7.83. The Labute approximate surface area is 148 Å². The van der Waals surface area contributed by atoms with E-state index in [9.17, 15) is 23.5 Å². The Morgan fingerprint density at radius 3 is 2.69 bits per heavy atom. The van der Waals surface area contributed by atoms with Gasteiger partial charge in [0.2, 0.25) is 5.91 Å². The minimum absolute atomic E-state index is 0.00498. The van der Waals surface area contributed by atoms with Crippen molar-refractivity contribution in [3.05, 3.63) is 64.7 Å². The highest BCUT2D eigenvalue weighted by atomic mass is 19.1. The van der Waals surface area contributed by atoms with E-state index in [1.165, 1.54) is 19.2 Å². The second-order valence-electron chi connectivity index (χ2n) is 6.17. The van der Waals surface area contributed by atoms with Crippen molar-refractivity contribution in [3.8, 4) is 5.75 Å². The van der Waals surface area contributed by atoms with Crippen molar-refractivity contribution in [2.45, 2.75) is 18.9 Å². The van der Waals surface area contributed by atoms with Crippen molar-refractivity contribution in [2.75, 3.05) is 7.11 Å². The number of aromatic carboxylic acids is 1. The third-order valence-corrected chi connectivity index (χ3v) is 4.45. The molecule has 0 bridgehead atoms. The minimum atomic E-state index is -1.13. The molecule has 1 saturated carbocycles. The summed E-state index contributed by atoms with van der Waals surface area (Å²) in [5.41, 5.74) is 0.818. The normalized spacial score (nSPS) is 18.3. The van der Waals surface area contributed by atoms with Gasteiger partial charge in [-0.15, -0.1) is 0 Å². The zero-order chi connectivity index (χ0) is 18.8. The van der Waals surface area contributed by atoms with Gasteiger partial charge >= 0.3 is 5.97 Å². The fraction of sp³-hybridized carbons (Fsp3) is 0.263. The largest absolute Gasteiger partial charge is 0.496 e. The summed E-state index contributed by atoms with van der Waals surface area (Å²) in [5.74, 6) is -2.97. The smallest absolute Gasteiger partial charge is 0.339 e. The maximum absolute atomic E-state index is 13.8. The van der Waals surface area contributed by atoms with E-state index in [-0.39, 0.29) is 35.2 Å². The van der Waals surface area contributed by atoms with Gasteiger partial charge in [-0.3, -0.25) is 4.79 Å². The van der Waals surface area contributed by atoms with Crippen molar-refractivity contribution in [1.29, 1.82) is 0 Å². The van der Waals surface area contributed by atoms with Gasteiger partial charge < -0.3 is 15.2 Å². The monoisotopic (exact) mass is 361 g/mol. The van der Waals surface area contributed by atoms with Crippen LogP contribution in [0.2, 0.25) is 0 Å².